The van der Waals surface area contributed by atoms with Crippen LogP contribution in [0.2, 0.25) is 0 Å². The van der Waals surface area contributed by atoms with Crippen molar-refractivity contribution in [3.63, 3.8) is 0 Å². The fourth-order valence-corrected chi connectivity index (χ4v) is 5.59. The van der Waals surface area contributed by atoms with Gasteiger partial charge in [-0.05, 0) is 83.0 Å². The predicted molar refractivity (Wildman–Crippen MR) is 99.4 cm³/mol. The number of nitrogens with zero attached hydrogens (tertiary/aromatic N) is 1. The molecule has 3 nitrogen and oxygen atoms in total. The highest BCUT2D eigenvalue weighted by Gasteiger charge is 2.37. The van der Waals surface area contributed by atoms with Crippen LogP contribution in [0.4, 0.5) is 0 Å². The molecule has 3 aliphatic rings. The maximum atomic E-state index is 5.62. The minimum Gasteiger partial charge on any atom is -0.381 e. The van der Waals surface area contributed by atoms with E-state index >= 15 is 0 Å². The fourth-order valence-electron chi connectivity index (χ4n) is 5.59. The number of methoxy groups -OCH3 is 2. The van der Waals surface area contributed by atoms with Gasteiger partial charge in [0.15, 0.2) is 0 Å². The molecule has 0 heterocycles. The molecular formula is C21H39NO2. The predicted octanol–water partition coefficient (Wildman–Crippen LogP) is 4.78. The maximum absolute atomic E-state index is 5.62. The van der Waals surface area contributed by atoms with Crippen LogP contribution in [0, 0.1) is 5.92 Å². The summed E-state index contributed by atoms with van der Waals surface area (Å²) in [5, 5.41) is 0. The standard InChI is InChI=1S/C21H39NO2/c1-16-4-6-17(7-5-16)22(18-8-12-20(23-2)13-9-18)19-10-14-21(24-3)15-11-19/h16-21H,4-15H2,1-3H3. The first kappa shape index (κ1) is 18.7. The Hall–Kier alpha value is -0.120. The van der Waals surface area contributed by atoms with Gasteiger partial charge in [-0.25, -0.2) is 0 Å². The molecular weight excluding hydrogens is 298 g/mol. The zero-order valence-corrected chi connectivity index (χ0v) is 16.2. The third-order valence-electron chi connectivity index (χ3n) is 7.20. The van der Waals surface area contributed by atoms with Crippen molar-refractivity contribution < 1.29 is 9.47 Å². The van der Waals surface area contributed by atoms with Crippen molar-refractivity contribution in [3.8, 4) is 0 Å². The topological polar surface area (TPSA) is 21.7 Å². The Labute approximate surface area is 149 Å². The molecule has 3 aliphatic carbocycles. The molecule has 0 amide bonds. The molecule has 0 aromatic heterocycles. The van der Waals surface area contributed by atoms with E-state index in [9.17, 15) is 0 Å². The second-order valence-electron chi connectivity index (χ2n) is 8.69. The summed E-state index contributed by atoms with van der Waals surface area (Å²) >= 11 is 0. The van der Waals surface area contributed by atoms with Gasteiger partial charge >= 0.3 is 0 Å². The molecule has 0 bridgehead atoms. The van der Waals surface area contributed by atoms with E-state index in [-0.39, 0.29) is 0 Å². The van der Waals surface area contributed by atoms with Crippen molar-refractivity contribution in [1.29, 1.82) is 0 Å². The molecule has 0 saturated heterocycles. The number of hydrogen-bond acceptors (Lipinski definition) is 3. The summed E-state index contributed by atoms with van der Waals surface area (Å²) in [4.78, 5) is 3.02. The van der Waals surface area contributed by atoms with Crippen LogP contribution in [0.5, 0.6) is 0 Å². The van der Waals surface area contributed by atoms with Crippen LogP contribution in [0.1, 0.15) is 84.0 Å². The highest BCUT2D eigenvalue weighted by molar-refractivity contribution is 4.92. The smallest absolute Gasteiger partial charge is 0.0572 e. The van der Waals surface area contributed by atoms with Crippen LogP contribution in [-0.2, 0) is 9.47 Å². The van der Waals surface area contributed by atoms with Gasteiger partial charge in [0.1, 0.15) is 0 Å². The summed E-state index contributed by atoms with van der Waals surface area (Å²) in [6, 6.07) is 2.45. The van der Waals surface area contributed by atoms with Gasteiger partial charge in [0.25, 0.3) is 0 Å². The van der Waals surface area contributed by atoms with E-state index < -0.39 is 0 Å². The first-order valence-corrected chi connectivity index (χ1v) is 10.5. The van der Waals surface area contributed by atoms with Gasteiger partial charge in [-0.3, -0.25) is 4.90 Å². The first-order valence-electron chi connectivity index (χ1n) is 10.5. The maximum Gasteiger partial charge on any atom is 0.0572 e. The Kier molecular flexibility index (Phi) is 7.00. The molecule has 3 fully saturated rings. The SMILES string of the molecule is COC1CCC(N(C2CCC(C)CC2)C2CCC(OC)CC2)CC1. The quantitative estimate of drug-likeness (QED) is 0.720. The number of rotatable bonds is 5. The lowest BCUT2D eigenvalue weighted by Crippen LogP contribution is -2.53. The molecule has 3 rings (SSSR count). The van der Waals surface area contributed by atoms with E-state index in [1.807, 2.05) is 14.2 Å². The molecule has 0 N–H and O–H groups in total. The molecule has 3 saturated carbocycles. The van der Waals surface area contributed by atoms with Gasteiger partial charge < -0.3 is 9.47 Å². The zero-order valence-electron chi connectivity index (χ0n) is 16.2. The van der Waals surface area contributed by atoms with Gasteiger partial charge in [0, 0.05) is 32.3 Å². The van der Waals surface area contributed by atoms with Crippen LogP contribution in [0.25, 0.3) is 0 Å². The van der Waals surface area contributed by atoms with Gasteiger partial charge in [-0.15, -0.1) is 0 Å². The Morgan fingerprint density at radius 2 is 0.875 bits per heavy atom. The van der Waals surface area contributed by atoms with E-state index in [2.05, 4.69) is 11.8 Å². The minimum atomic E-state index is 0.513. The Bertz CT molecular complexity index is 327. The van der Waals surface area contributed by atoms with E-state index in [0.717, 1.165) is 24.0 Å². The van der Waals surface area contributed by atoms with Gasteiger partial charge in [0.05, 0.1) is 12.2 Å². The van der Waals surface area contributed by atoms with Crippen LogP contribution >= 0.6 is 0 Å². The Morgan fingerprint density at radius 1 is 0.542 bits per heavy atom. The molecule has 0 atom stereocenters. The van der Waals surface area contributed by atoms with Crippen molar-refractivity contribution in [3.05, 3.63) is 0 Å². The van der Waals surface area contributed by atoms with Crippen molar-refractivity contribution in [1.82, 2.24) is 4.90 Å². The summed E-state index contributed by atoms with van der Waals surface area (Å²) in [6.07, 6.45) is 17.1. The van der Waals surface area contributed by atoms with E-state index in [1.54, 1.807) is 0 Å². The van der Waals surface area contributed by atoms with E-state index in [0.29, 0.717) is 12.2 Å². The van der Waals surface area contributed by atoms with E-state index in [4.69, 9.17) is 9.47 Å². The largest absolute Gasteiger partial charge is 0.381 e. The van der Waals surface area contributed by atoms with Crippen LogP contribution in [0.15, 0.2) is 0 Å². The Balaban J connectivity index is 1.65. The molecule has 3 heteroatoms. The van der Waals surface area contributed by atoms with Gasteiger partial charge in [0.2, 0.25) is 0 Å². The van der Waals surface area contributed by atoms with Crippen molar-refractivity contribution in [2.24, 2.45) is 5.92 Å². The van der Waals surface area contributed by atoms with Crippen LogP contribution < -0.4 is 0 Å². The van der Waals surface area contributed by atoms with Crippen molar-refractivity contribution >= 4 is 0 Å². The highest BCUT2D eigenvalue weighted by atomic mass is 16.5. The third-order valence-corrected chi connectivity index (χ3v) is 7.20. The van der Waals surface area contributed by atoms with Crippen molar-refractivity contribution in [2.45, 2.75) is 114 Å². The Morgan fingerprint density at radius 3 is 1.21 bits per heavy atom. The second kappa shape index (κ2) is 9.00. The highest BCUT2D eigenvalue weighted by Crippen LogP contribution is 2.37. The summed E-state index contributed by atoms with van der Waals surface area (Å²) < 4.78 is 11.2. The van der Waals surface area contributed by atoms with Crippen LogP contribution in [0.3, 0.4) is 0 Å². The second-order valence-corrected chi connectivity index (χ2v) is 8.69. The lowest BCUT2D eigenvalue weighted by atomic mass is 9.81. The lowest BCUT2D eigenvalue weighted by Gasteiger charge is -2.49. The van der Waals surface area contributed by atoms with Crippen molar-refractivity contribution in [2.75, 3.05) is 14.2 Å². The lowest BCUT2D eigenvalue weighted by molar-refractivity contribution is -0.0296. The average Bonchev–Trinajstić information content (AvgIpc) is 2.64. The molecule has 140 valence electrons. The summed E-state index contributed by atoms with van der Waals surface area (Å²) in [5.74, 6) is 0.941. The third kappa shape index (κ3) is 4.53. The molecule has 0 aliphatic heterocycles. The molecule has 0 aromatic rings. The molecule has 0 radical (unpaired) electrons. The summed E-state index contributed by atoms with van der Waals surface area (Å²) in [7, 11) is 3.77. The van der Waals surface area contributed by atoms with Crippen LogP contribution in [-0.4, -0.2) is 49.5 Å². The normalized spacial score (nSPS) is 41.5. The molecule has 0 aromatic carbocycles. The molecule has 0 unspecified atom stereocenters. The summed E-state index contributed by atoms with van der Waals surface area (Å²) in [5.41, 5.74) is 0. The zero-order chi connectivity index (χ0) is 16.9. The molecule has 0 spiro atoms. The van der Waals surface area contributed by atoms with Gasteiger partial charge in [-0.1, -0.05) is 6.92 Å². The minimum absolute atomic E-state index is 0.513. The average molecular weight is 338 g/mol. The number of hydrogen-bond donors (Lipinski definition) is 0. The fraction of sp³-hybridized carbons (Fsp3) is 1.00. The number of ether oxygens (including phenoxy) is 2. The monoisotopic (exact) mass is 337 g/mol. The van der Waals surface area contributed by atoms with E-state index in [1.165, 1.54) is 77.0 Å². The molecule has 24 heavy (non-hydrogen) atoms. The summed E-state index contributed by atoms with van der Waals surface area (Å²) in [6.45, 7) is 2.44. The van der Waals surface area contributed by atoms with Gasteiger partial charge in [-0.2, -0.15) is 0 Å². The first-order chi connectivity index (χ1) is 11.7.